The normalized spacial score (nSPS) is 27.4. The summed E-state index contributed by atoms with van der Waals surface area (Å²) in [5, 5.41) is 9.46. The number of aromatic hydroxyl groups is 1. The zero-order valence-electron chi connectivity index (χ0n) is 10.0. The molecule has 1 heterocycles. The van der Waals surface area contributed by atoms with Gasteiger partial charge in [0.2, 0.25) is 11.8 Å². The lowest BCUT2D eigenvalue weighted by atomic mass is 9.81. The van der Waals surface area contributed by atoms with Crippen LogP contribution in [0.1, 0.15) is 25.7 Å². The van der Waals surface area contributed by atoms with Gasteiger partial charge in [-0.3, -0.25) is 9.59 Å². The molecule has 1 aliphatic carbocycles. The van der Waals surface area contributed by atoms with Gasteiger partial charge in [-0.15, -0.1) is 0 Å². The Bertz CT molecular complexity index is 488. The van der Waals surface area contributed by atoms with E-state index in [0.29, 0.717) is 5.69 Å². The number of phenolic OH excluding ortho intramolecular Hbond substituents is 1. The Labute approximate surface area is 105 Å². The standard InChI is InChI=1S/C14H15NO3/c16-10-5-3-4-9(8-10)15-13(17)11-6-1-2-7-12(11)14(15)18/h3-5,8,11-12,16H,1-2,6-7H2/t11-,12+. The number of anilines is 1. The van der Waals surface area contributed by atoms with E-state index in [4.69, 9.17) is 0 Å². The molecule has 2 fully saturated rings. The Hall–Kier alpha value is -1.84. The van der Waals surface area contributed by atoms with Crippen LogP contribution in [0, 0.1) is 11.8 Å². The van der Waals surface area contributed by atoms with Gasteiger partial charge in [0, 0.05) is 6.07 Å². The number of hydrogen-bond acceptors (Lipinski definition) is 3. The first-order chi connectivity index (χ1) is 8.68. The fourth-order valence-electron chi connectivity index (χ4n) is 3.05. The number of amides is 2. The minimum atomic E-state index is -0.145. The highest BCUT2D eigenvalue weighted by molar-refractivity contribution is 6.22. The highest BCUT2D eigenvalue weighted by atomic mass is 16.3. The molecule has 4 heteroatoms. The number of imide groups is 1. The van der Waals surface area contributed by atoms with Gasteiger partial charge in [-0.2, -0.15) is 0 Å². The van der Waals surface area contributed by atoms with E-state index in [-0.39, 0.29) is 29.4 Å². The number of rotatable bonds is 1. The van der Waals surface area contributed by atoms with Gasteiger partial charge < -0.3 is 5.11 Å². The summed E-state index contributed by atoms with van der Waals surface area (Å²) < 4.78 is 0. The molecule has 18 heavy (non-hydrogen) atoms. The van der Waals surface area contributed by atoms with Gasteiger partial charge in [-0.25, -0.2) is 4.90 Å². The number of nitrogens with zero attached hydrogens (tertiary/aromatic N) is 1. The largest absolute Gasteiger partial charge is 0.508 e. The minimum absolute atomic E-state index is 0.0722. The van der Waals surface area contributed by atoms with Crippen molar-refractivity contribution in [1.29, 1.82) is 0 Å². The van der Waals surface area contributed by atoms with Crippen LogP contribution < -0.4 is 4.90 Å². The Morgan fingerprint density at radius 1 is 1.06 bits per heavy atom. The van der Waals surface area contributed by atoms with E-state index in [2.05, 4.69) is 0 Å². The topological polar surface area (TPSA) is 57.6 Å². The molecule has 2 aliphatic rings. The number of fused-ring (bicyclic) bond motifs is 1. The molecule has 94 valence electrons. The minimum Gasteiger partial charge on any atom is -0.508 e. The van der Waals surface area contributed by atoms with Crippen molar-refractivity contribution in [3.63, 3.8) is 0 Å². The molecule has 0 aromatic heterocycles. The van der Waals surface area contributed by atoms with Crippen LogP contribution in [0.25, 0.3) is 0 Å². The molecule has 1 aromatic carbocycles. The third kappa shape index (κ3) is 1.60. The van der Waals surface area contributed by atoms with E-state index >= 15 is 0 Å². The average Bonchev–Trinajstić information content (AvgIpc) is 2.63. The zero-order chi connectivity index (χ0) is 12.7. The fourth-order valence-corrected chi connectivity index (χ4v) is 3.05. The molecule has 1 aromatic rings. The second-order valence-electron chi connectivity index (χ2n) is 5.03. The van der Waals surface area contributed by atoms with Crippen LogP contribution in [-0.4, -0.2) is 16.9 Å². The summed E-state index contributed by atoms with van der Waals surface area (Å²) in [7, 11) is 0. The Balaban J connectivity index is 1.97. The van der Waals surface area contributed by atoms with E-state index < -0.39 is 0 Å². The molecule has 0 radical (unpaired) electrons. The number of hydrogen-bond donors (Lipinski definition) is 1. The van der Waals surface area contributed by atoms with Crippen LogP contribution in [0.4, 0.5) is 5.69 Å². The van der Waals surface area contributed by atoms with Crippen molar-refractivity contribution in [2.45, 2.75) is 25.7 Å². The third-order valence-corrected chi connectivity index (χ3v) is 3.93. The smallest absolute Gasteiger partial charge is 0.237 e. The molecule has 1 aliphatic heterocycles. The number of carbonyl (C=O) groups is 2. The van der Waals surface area contributed by atoms with Gasteiger partial charge in [0.05, 0.1) is 17.5 Å². The predicted octanol–water partition coefficient (Wildman–Crippen LogP) is 2.07. The van der Waals surface area contributed by atoms with Crippen molar-refractivity contribution in [1.82, 2.24) is 0 Å². The summed E-state index contributed by atoms with van der Waals surface area (Å²) in [5.41, 5.74) is 0.486. The number of carbonyl (C=O) groups excluding carboxylic acids is 2. The second-order valence-corrected chi connectivity index (χ2v) is 5.03. The number of phenols is 1. The third-order valence-electron chi connectivity index (χ3n) is 3.93. The molecule has 1 saturated heterocycles. The lowest BCUT2D eigenvalue weighted by molar-refractivity contribution is -0.122. The predicted molar refractivity (Wildman–Crippen MR) is 66.0 cm³/mol. The maximum atomic E-state index is 12.3. The van der Waals surface area contributed by atoms with Gasteiger partial charge >= 0.3 is 0 Å². The van der Waals surface area contributed by atoms with Gasteiger partial charge in [0.1, 0.15) is 5.75 Å². The first kappa shape index (κ1) is 11.3. The monoisotopic (exact) mass is 245 g/mol. The second kappa shape index (κ2) is 4.12. The number of benzene rings is 1. The van der Waals surface area contributed by atoms with Crippen LogP contribution >= 0.6 is 0 Å². The summed E-state index contributed by atoms with van der Waals surface area (Å²) >= 11 is 0. The van der Waals surface area contributed by atoms with Crippen molar-refractivity contribution in [2.24, 2.45) is 11.8 Å². The van der Waals surface area contributed by atoms with Crippen LogP contribution in [0.5, 0.6) is 5.75 Å². The molecule has 4 nitrogen and oxygen atoms in total. The van der Waals surface area contributed by atoms with Crippen LogP contribution in [-0.2, 0) is 9.59 Å². The summed E-state index contributed by atoms with van der Waals surface area (Å²) in [6.45, 7) is 0. The Morgan fingerprint density at radius 2 is 1.67 bits per heavy atom. The van der Waals surface area contributed by atoms with E-state index in [1.54, 1.807) is 12.1 Å². The first-order valence-electron chi connectivity index (χ1n) is 6.35. The quantitative estimate of drug-likeness (QED) is 0.770. The Kier molecular flexibility index (Phi) is 2.58. The molecular formula is C14H15NO3. The van der Waals surface area contributed by atoms with E-state index in [1.807, 2.05) is 0 Å². The first-order valence-corrected chi connectivity index (χ1v) is 6.35. The molecule has 1 N–H and O–H groups in total. The van der Waals surface area contributed by atoms with Gasteiger partial charge in [-0.1, -0.05) is 18.9 Å². The summed E-state index contributed by atoms with van der Waals surface area (Å²) in [6, 6.07) is 6.33. The van der Waals surface area contributed by atoms with Gasteiger partial charge in [0.25, 0.3) is 0 Å². The van der Waals surface area contributed by atoms with Crippen molar-refractivity contribution >= 4 is 17.5 Å². The maximum absolute atomic E-state index is 12.3. The maximum Gasteiger partial charge on any atom is 0.237 e. The van der Waals surface area contributed by atoms with E-state index in [1.165, 1.54) is 17.0 Å². The van der Waals surface area contributed by atoms with Gasteiger partial charge in [-0.05, 0) is 25.0 Å². The lowest BCUT2D eigenvalue weighted by Gasteiger charge is -2.19. The summed E-state index contributed by atoms with van der Waals surface area (Å²) in [6.07, 6.45) is 3.66. The molecule has 3 rings (SSSR count). The molecule has 1 saturated carbocycles. The van der Waals surface area contributed by atoms with Crippen molar-refractivity contribution in [2.75, 3.05) is 4.90 Å². The molecule has 2 atom stereocenters. The van der Waals surface area contributed by atoms with Crippen molar-refractivity contribution in [3.8, 4) is 5.75 Å². The van der Waals surface area contributed by atoms with Crippen molar-refractivity contribution in [3.05, 3.63) is 24.3 Å². The SMILES string of the molecule is O=C1[C@H]2CCCC[C@H]2C(=O)N1c1cccc(O)c1. The lowest BCUT2D eigenvalue weighted by Crippen LogP contribution is -2.30. The average molecular weight is 245 g/mol. The molecule has 0 spiro atoms. The zero-order valence-corrected chi connectivity index (χ0v) is 10.0. The molecule has 0 bridgehead atoms. The summed E-state index contributed by atoms with van der Waals surface area (Å²) in [4.78, 5) is 25.8. The van der Waals surface area contributed by atoms with E-state index in [0.717, 1.165) is 25.7 Å². The Morgan fingerprint density at radius 3 is 2.22 bits per heavy atom. The van der Waals surface area contributed by atoms with Gasteiger partial charge in [0.15, 0.2) is 0 Å². The molecule has 0 unspecified atom stereocenters. The van der Waals surface area contributed by atoms with E-state index in [9.17, 15) is 14.7 Å². The fraction of sp³-hybridized carbons (Fsp3) is 0.429. The van der Waals surface area contributed by atoms with Crippen LogP contribution in [0.15, 0.2) is 24.3 Å². The van der Waals surface area contributed by atoms with Crippen LogP contribution in [0.2, 0.25) is 0 Å². The molecule has 2 amide bonds. The van der Waals surface area contributed by atoms with Crippen LogP contribution in [0.3, 0.4) is 0 Å². The molecular weight excluding hydrogens is 230 g/mol. The summed E-state index contributed by atoms with van der Waals surface area (Å²) in [5.74, 6) is -0.421. The van der Waals surface area contributed by atoms with Crippen molar-refractivity contribution < 1.29 is 14.7 Å². The highest BCUT2D eigenvalue weighted by Gasteiger charge is 2.48. The highest BCUT2D eigenvalue weighted by Crippen LogP contribution is 2.40.